The van der Waals surface area contributed by atoms with Gasteiger partial charge in [-0.05, 0) is 36.1 Å². The lowest BCUT2D eigenvalue weighted by Crippen LogP contribution is -2.13. The van der Waals surface area contributed by atoms with Crippen molar-refractivity contribution < 1.29 is 4.79 Å². The SMILES string of the molecule is CSc1cc(Cl)c(C#N)cc1C(=O)Nc1ccc(CN)cc1. The Hall–Kier alpha value is -2.00. The van der Waals surface area contributed by atoms with Crippen LogP contribution in [0.25, 0.3) is 0 Å². The number of thioether (sulfide) groups is 1. The number of nitrogens with two attached hydrogens (primary N) is 1. The maximum absolute atomic E-state index is 12.4. The number of nitriles is 1. The van der Waals surface area contributed by atoms with E-state index in [1.54, 1.807) is 18.2 Å². The van der Waals surface area contributed by atoms with Crippen molar-refractivity contribution in [3.05, 3.63) is 58.1 Å². The second-order valence-electron chi connectivity index (χ2n) is 4.50. The number of halogens is 1. The van der Waals surface area contributed by atoms with Gasteiger partial charge < -0.3 is 11.1 Å². The van der Waals surface area contributed by atoms with Gasteiger partial charge in [-0.1, -0.05) is 23.7 Å². The highest BCUT2D eigenvalue weighted by Crippen LogP contribution is 2.28. The van der Waals surface area contributed by atoms with Crippen molar-refractivity contribution in [2.45, 2.75) is 11.4 Å². The Labute approximate surface area is 138 Å². The Morgan fingerprint density at radius 3 is 2.59 bits per heavy atom. The van der Waals surface area contributed by atoms with Crippen LogP contribution in [0.4, 0.5) is 5.69 Å². The molecule has 1 amide bonds. The third-order valence-corrected chi connectivity index (χ3v) is 4.19. The molecule has 2 aromatic rings. The third kappa shape index (κ3) is 3.60. The van der Waals surface area contributed by atoms with E-state index in [-0.39, 0.29) is 11.5 Å². The lowest BCUT2D eigenvalue weighted by Gasteiger charge is -2.10. The summed E-state index contributed by atoms with van der Waals surface area (Å²) in [6.07, 6.45) is 1.85. The first kappa shape index (κ1) is 16.4. The molecule has 2 aromatic carbocycles. The molecule has 0 saturated carbocycles. The van der Waals surface area contributed by atoms with Crippen LogP contribution in [0.2, 0.25) is 5.02 Å². The normalized spacial score (nSPS) is 10.1. The number of anilines is 1. The van der Waals surface area contributed by atoms with Crippen molar-refractivity contribution in [3.63, 3.8) is 0 Å². The van der Waals surface area contributed by atoms with Crippen molar-refractivity contribution >= 4 is 35.0 Å². The monoisotopic (exact) mass is 331 g/mol. The molecule has 0 radical (unpaired) electrons. The van der Waals surface area contributed by atoms with Gasteiger partial charge in [-0.2, -0.15) is 5.26 Å². The van der Waals surface area contributed by atoms with Gasteiger partial charge in [-0.3, -0.25) is 4.79 Å². The van der Waals surface area contributed by atoms with Gasteiger partial charge in [0.2, 0.25) is 0 Å². The summed E-state index contributed by atoms with van der Waals surface area (Å²) >= 11 is 7.40. The van der Waals surface area contributed by atoms with E-state index in [2.05, 4.69) is 5.32 Å². The molecular weight excluding hydrogens is 318 g/mol. The number of carbonyl (C=O) groups excluding carboxylic acids is 1. The quantitative estimate of drug-likeness (QED) is 0.838. The summed E-state index contributed by atoms with van der Waals surface area (Å²) in [5, 5.41) is 12.2. The van der Waals surface area contributed by atoms with E-state index in [1.807, 2.05) is 24.5 Å². The van der Waals surface area contributed by atoms with Gasteiger partial charge in [0.1, 0.15) is 6.07 Å². The fourth-order valence-electron chi connectivity index (χ4n) is 1.91. The Bertz CT molecular complexity index is 738. The standard InChI is InChI=1S/C16H14ClN3OS/c1-22-15-7-14(17)11(9-19)6-13(15)16(21)20-12-4-2-10(8-18)3-5-12/h2-7H,8,18H2,1H3,(H,20,21). The van der Waals surface area contributed by atoms with Crippen LogP contribution in [-0.4, -0.2) is 12.2 Å². The van der Waals surface area contributed by atoms with Crippen LogP contribution in [-0.2, 0) is 6.54 Å². The first-order chi connectivity index (χ1) is 10.6. The van der Waals surface area contributed by atoms with Gasteiger partial charge in [0.15, 0.2) is 0 Å². The van der Waals surface area contributed by atoms with Gasteiger partial charge in [0, 0.05) is 17.1 Å². The zero-order chi connectivity index (χ0) is 16.1. The molecule has 4 nitrogen and oxygen atoms in total. The number of rotatable bonds is 4. The van der Waals surface area contributed by atoms with E-state index in [0.717, 1.165) is 10.5 Å². The topological polar surface area (TPSA) is 78.9 Å². The van der Waals surface area contributed by atoms with Crippen molar-refractivity contribution in [3.8, 4) is 6.07 Å². The molecule has 0 heterocycles. The molecule has 0 unspecified atom stereocenters. The molecule has 0 aromatic heterocycles. The molecule has 3 N–H and O–H groups in total. The number of hydrogen-bond acceptors (Lipinski definition) is 4. The fourth-order valence-corrected chi connectivity index (χ4v) is 2.79. The summed E-state index contributed by atoms with van der Waals surface area (Å²) in [4.78, 5) is 13.1. The van der Waals surface area contributed by atoms with Crippen molar-refractivity contribution in [1.82, 2.24) is 0 Å². The van der Waals surface area contributed by atoms with Gasteiger partial charge in [0.05, 0.1) is 16.1 Å². The van der Waals surface area contributed by atoms with E-state index in [9.17, 15) is 4.79 Å². The summed E-state index contributed by atoms with van der Waals surface area (Å²) in [5.74, 6) is -0.280. The largest absolute Gasteiger partial charge is 0.326 e. The van der Waals surface area contributed by atoms with Crippen LogP contribution in [0.5, 0.6) is 0 Å². The summed E-state index contributed by atoms with van der Waals surface area (Å²) < 4.78 is 0. The maximum Gasteiger partial charge on any atom is 0.256 e. The number of benzene rings is 2. The molecule has 0 aliphatic carbocycles. The van der Waals surface area contributed by atoms with Crippen molar-refractivity contribution in [2.75, 3.05) is 11.6 Å². The van der Waals surface area contributed by atoms with Crippen LogP contribution in [0.1, 0.15) is 21.5 Å². The van der Waals surface area contributed by atoms with Crippen LogP contribution in [0.3, 0.4) is 0 Å². The summed E-state index contributed by atoms with van der Waals surface area (Å²) in [6.45, 7) is 0.452. The maximum atomic E-state index is 12.4. The molecule has 0 spiro atoms. The van der Waals surface area contributed by atoms with E-state index in [1.165, 1.54) is 17.8 Å². The molecule has 112 valence electrons. The predicted octanol–water partition coefficient (Wildman–Crippen LogP) is 3.64. The van der Waals surface area contributed by atoms with Gasteiger partial charge >= 0.3 is 0 Å². The zero-order valence-electron chi connectivity index (χ0n) is 11.9. The molecule has 0 bridgehead atoms. The first-order valence-corrected chi connectivity index (χ1v) is 8.07. The lowest BCUT2D eigenvalue weighted by atomic mass is 10.1. The Morgan fingerprint density at radius 1 is 1.36 bits per heavy atom. The molecule has 6 heteroatoms. The smallest absolute Gasteiger partial charge is 0.256 e. The minimum atomic E-state index is -0.280. The Morgan fingerprint density at radius 2 is 2.05 bits per heavy atom. The Balaban J connectivity index is 2.30. The molecule has 0 atom stereocenters. The number of hydrogen-bond donors (Lipinski definition) is 2. The number of nitrogens with one attached hydrogen (secondary N) is 1. The second kappa shape index (κ2) is 7.32. The molecule has 0 saturated heterocycles. The molecule has 2 rings (SSSR count). The first-order valence-electron chi connectivity index (χ1n) is 6.47. The number of carbonyl (C=O) groups is 1. The summed E-state index contributed by atoms with van der Waals surface area (Å²) in [7, 11) is 0. The molecule has 22 heavy (non-hydrogen) atoms. The summed E-state index contributed by atoms with van der Waals surface area (Å²) in [5.41, 5.74) is 7.91. The van der Waals surface area contributed by atoms with E-state index in [0.29, 0.717) is 22.8 Å². The van der Waals surface area contributed by atoms with Gasteiger partial charge in [-0.15, -0.1) is 11.8 Å². The molecule has 0 aliphatic rings. The number of nitrogens with zero attached hydrogens (tertiary/aromatic N) is 1. The van der Waals surface area contributed by atoms with Gasteiger partial charge in [0.25, 0.3) is 5.91 Å². The van der Waals surface area contributed by atoms with Crippen LogP contribution in [0, 0.1) is 11.3 Å². The lowest BCUT2D eigenvalue weighted by molar-refractivity contribution is 0.102. The fraction of sp³-hybridized carbons (Fsp3) is 0.125. The highest BCUT2D eigenvalue weighted by Gasteiger charge is 2.15. The van der Waals surface area contributed by atoms with Crippen LogP contribution >= 0.6 is 23.4 Å². The average molecular weight is 332 g/mol. The molecular formula is C16H14ClN3OS. The van der Waals surface area contributed by atoms with Crippen molar-refractivity contribution in [1.29, 1.82) is 5.26 Å². The zero-order valence-corrected chi connectivity index (χ0v) is 13.5. The van der Waals surface area contributed by atoms with E-state index >= 15 is 0 Å². The minimum Gasteiger partial charge on any atom is -0.326 e. The van der Waals surface area contributed by atoms with Crippen LogP contribution in [0.15, 0.2) is 41.3 Å². The summed E-state index contributed by atoms with van der Waals surface area (Å²) in [6, 6.07) is 12.4. The number of amides is 1. The van der Waals surface area contributed by atoms with Gasteiger partial charge in [-0.25, -0.2) is 0 Å². The highest BCUT2D eigenvalue weighted by molar-refractivity contribution is 7.98. The van der Waals surface area contributed by atoms with Crippen LogP contribution < -0.4 is 11.1 Å². The minimum absolute atomic E-state index is 0.280. The molecule has 0 fully saturated rings. The average Bonchev–Trinajstić information content (AvgIpc) is 2.55. The highest BCUT2D eigenvalue weighted by atomic mass is 35.5. The second-order valence-corrected chi connectivity index (χ2v) is 5.75. The van der Waals surface area contributed by atoms with E-state index in [4.69, 9.17) is 22.6 Å². The van der Waals surface area contributed by atoms with Crippen molar-refractivity contribution in [2.24, 2.45) is 5.73 Å². The molecule has 0 aliphatic heterocycles. The predicted molar refractivity (Wildman–Crippen MR) is 90.2 cm³/mol. The Kier molecular flexibility index (Phi) is 5.45. The third-order valence-electron chi connectivity index (χ3n) is 3.10. The van der Waals surface area contributed by atoms with E-state index < -0.39 is 0 Å².